The predicted molar refractivity (Wildman–Crippen MR) is 125 cm³/mol. The second-order valence-corrected chi connectivity index (χ2v) is 8.72. The Labute approximate surface area is 188 Å². The van der Waals surface area contributed by atoms with Crippen molar-refractivity contribution in [3.05, 3.63) is 58.6 Å². The number of hydrogen-bond acceptors (Lipinski definition) is 4. The van der Waals surface area contributed by atoms with Crippen LogP contribution in [0.25, 0.3) is 0 Å². The van der Waals surface area contributed by atoms with E-state index in [0.29, 0.717) is 17.3 Å². The predicted octanol–water partition coefficient (Wildman–Crippen LogP) is 3.61. The molecule has 2 N–H and O–H groups in total. The Morgan fingerprint density at radius 1 is 1.03 bits per heavy atom. The van der Waals surface area contributed by atoms with E-state index in [0.717, 1.165) is 38.9 Å². The van der Waals surface area contributed by atoms with E-state index < -0.39 is 11.8 Å². The molecule has 6 nitrogen and oxygen atoms in total. The van der Waals surface area contributed by atoms with Gasteiger partial charge < -0.3 is 15.5 Å². The minimum absolute atomic E-state index is 0.0496. The highest BCUT2D eigenvalue weighted by molar-refractivity contribution is 6.41. The number of nitrogens with zero attached hydrogens (tertiary/aromatic N) is 2. The van der Waals surface area contributed by atoms with Gasteiger partial charge in [-0.2, -0.15) is 0 Å². The Hall–Kier alpha value is -2.57. The van der Waals surface area contributed by atoms with Gasteiger partial charge in [-0.3, -0.25) is 14.5 Å². The minimum Gasteiger partial charge on any atom is -0.374 e. The molecular formula is C24H29ClN4O2. The van der Waals surface area contributed by atoms with Crippen molar-refractivity contribution in [3.8, 4) is 0 Å². The van der Waals surface area contributed by atoms with Gasteiger partial charge in [0.25, 0.3) is 0 Å². The van der Waals surface area contributed by atoms with Crippen LogP contribution in [0.2, 0.25) is 5.02 Å². The molecule has 31 heavy (non-hydrogen) atoms. The number of fused-ring (bicyclic) bond motifs is 1. The van der Waals surface area contributed by atoms with Gasteiger partial charge in [-0.1, -0.05) is 42.3 Å². The highest BCUT2D eigenvalue weighted by atomic mass is 35.5. The van der Waals surface area contributed by atoms with Gasteiger partial charge in [-0.25, -0.2) is 0 Å². The Balaban J connectivity index is 1.46. The molecule has 0 spiro atoms. The molecule has 2 aliphatic rings. The normalized spacial score (nSPS) is 17.2. The lowest BCUT2D eigenvalue weighted by Crippen LogP contribution is -2.43. The molecular weight excluding hydrogens is 412 g/mol. The van der Waals surface area contributed by atoms with Crippen LogP contribution in [0.15, 0.2) is 42.5 Å². The molecule has 1 saturated heterocycles. The number of nitrogens with one attached hydrogen (secondary N) is 2. The van der Waals surface area contributed by atoms with Gasteiger partial charge in [-0.15, -0.1) is 0 Å². The topological polar surface area (TPSA) is 64.7 Å². The lowest BCUT2D eigenvalue weighted by molar-refractivity contribution is -0.136. The van der Waals surface area contributed by atoms with Crippen LogP contribution in [-0.4, -0.2) is 49.9 Å². The number of carbonyl (C=O) groups is 2. The molecule has 0 saturated carbocycles. The molecule has 0 bridgehead atoms. The van der Waals surface area contributed by atoms with Crippen LogP contribution in [0.1, 0.15) is 36.4 Å². The van der Waals surface area contributed by atoms with Crippen LogP contribution in [0.3, 0.4) is 0 Å². The number of amides is 2. The standard InChI is InChI=1S/C24H29ClN4O2/c1-28-14-11-18-15-17(9-10-21(18)28)22(29-12-5-2-6-13-29)16-26-23(30)24(31)27-20-8-4-3-7-19(20)25/h3-4,7-10,15,22H,2,5-6,11-14,16H2,1H3,(H,26,30)(H,27,31)/t22-/m1/s1. The summed E-state index contributed by atoms with van der Waals surface area (Å²) < 4.78 is 0. The summed E-state index contributed by atoms with van der Waals surface area (Å²) in [6, 6.07) is 13.5. The number of benzene rings is 2. The zero-order chi connectivity index (χ0) is 21.8. The number of para-hydroxylation sites is 1. The summed E-state index contributed by atoms with van der Waals surface area (Å²) in [5.74, 6) is -1.36. The third-order valence-corrected chi connectivity index (χ3v) is 6.56. The number of piperidine rings is 1. The third kappa shape index (κ3) is 5.02. The summed E-state index contributed by atoms with van der Waals surface area (Å²) in [4.78, 5) is 29.6. The monoisotopic (exact) mass is 440 g/mol. The lowest BCUT2D eigenvalue weighted by Gasteiger charge is -2.35. The van der Waals surface area contributed by atoms with E-state index in [9.17, 15) is 9.59 Å². The molecule has 2 amide bonds. The van der Waals surface area contributed by atoms with Crippen molar-refractivity contribution in [1.82, 2.24) is 10.2 Å². The van der Waals surface area contributed by atoms with Gasteiger partial charge in [0.2, 0.25) is 0 Å². The molecule has 164 valence electrons. The van der Waals surface area contributed by atoms with Crippen molar-refractivity contribution in [1.29, 1.82) is 0 Å². The first kappa shape index (κ1) is 21.7. The van der Waals surface area contributed by atoms with Gasteiger partial charge in [0.05, 0.1) is 16.8 Å². The van der Waals surface area contributed by atoms with Crippen molar-refractivity contribution in [2.24, 2.45) is 0 Å². The smallest absolute Gasteiger partial charge is 0.313 e. The van der Waals surface area contributed by atoms with E-state index in [-0.39, 0.29) is 6.04 Å². The van der Waals surface area contributed by atoms with E-state index in [1.54, 1.807) is 24.3 Å². The number of likely N-dealkylation sites (tertiary alicyclic amines) is 1. The van der Waals surface area contributed by atoms with Gasteiger partial charge in [0.1, 0.15) is 0 Å². The zero-order valence-electron chi connectivity index (χ0n) is 17.9. The van der Waals surface area contributed by atoms with Crippen LogP contribution in [0.5, 0.6) is 0 Å². The molecule has 1 atom stereocenters. The minimum atomic E-state index is -0.707. The number of hydrogen-bond donors (Lipinski definition) is 2. The Bertz CT molecular complexity index is 958. The third-order valence-electron chi connectivity index (χ3n) is 6.23. The van der Waals surface area contributed by atoms with E-state index in [1.807, 2.05) is 0 Å². The highest BCUT2D eigenvalue weighted by Gasteiger charge is 2.26. The molecule has 0 aromatic heterocycles. The molecule has 0 radical (unpaired) electrons. The van der Waals surface area contributed by atoms with Gasteiger partial charge in [0.15, 0.2) is 0 Å². The summed E-state index contributed by atoms with van der Waals surface area (Å²) in [6.07, 6.45) is 4.60. The van der Waals surface area contributed by atoms with Crippen LogP contribution >= 0.6 is 11.6 Å². The molecule has 2 aromatic rings. The number of halogens is 1. The van der Waals surface area contributed by atoms with Gasteiger partial charge in [0, 0.05) is 25.8 Å². The quantitative estimate of drug-likeness (QED) is 0.697. The SMILES string of the molecule is CN1CCc2cc([C@@H](CNC(=O)C(=O)Nc3ccccc3Cl)N3CCCCC3)ccc21. The maximum absolute atomic E-state index is 12.5. The Morgan fingerprint density at radius 3 is 2.58 bits per heavy atom. The van der Waals surface area contributed by atoms with Crippen LogP contribution in [0, 0.1) is 0 Å². The maximum atomic E-state index is 12.5. The fourth-order valence-corrected chi connectivity index (χ4v) is 4.68. The number of rotatable bonds is 5. The fraction of sp³-hybridized carbons (Fsp3) is 0.417. The molecule has 2 aliphatic heterocycles. The van der Waals surface area contributed by atoms with Crippen molar-refractivity contribution in [2.75, 3.05) is 43.4 Å². The summed E-state index contributed by atoms with van der Waals surface area (Å²) in [5, 5.41) is 5.84. The van der Waals surface area contributed by atoms with E-state index in [1.165, 1.54) is 23.2 Å². The molecule has 4 rings (SSSR count). The number of carbonyl (C=O) groups excluding carboxylic acids is 2. The summed E-state index contributed by atoms with van der Waals surface area (Å²) >= 11 is 6.08. The van der Waals surface area contributed by atoms with Crippen LogP contribution in [-0.2, 0) is 16.0 Å². The average molecular weight is 441 g/mol. The molecule has 1 fully saturated rings. The first-order chi connectivity index (χ1) is 15.0. The molecule has 0 aliphatic carbocycles. The molecule has 2 aromatic carbocycles. The second kappa shape index (κ2) is 9.71. The van der Waals surface area contributed by atoms with Crippen LogP contribution < -0.4 is 15.5 Å². The largest absolute Gasteiger partial charge is 0.374 e. The van der Waals surface area contributed by atoms with Gasteiger partial charge >= 0.3 is 11.8 Å². The van der Waals surface area contributed by atoms with Gasteiger partial charge in [-0.05, 0) is 61.7 Å². The molecule has 2 heterocycles. The first-order valence-electron chi connectivity index (χ1n) is 10.9. The van der Waals surface area contributed by atoms with E-state index in [4.69, 9.17) is 11.6 Å². The number of likely N-dealkylation sites (N-methyl/N-ethyl adjacent to an activating group) is 1. The van der Waals surface area contributed by atoms with Crippen molar-refractivity contribution in [2.45, 2.75) is 31.7 Å². The summed E-state index contributed by atoms with van der Waals surface area (Å²) in [6.45, 7) is 3.43. The fourth-order valence-electron chi connectivity index (χ4n) is 4.49. The van der Waals surface area contributed by atoms with Crippen molar-refractivity contribution < 1.29 is 9.59 Å². The first-order valence-corrected chi connectivity index (χ1v) is 11.3. The maximum Gasteiger partial charge on any atom is 0.313 e. The van der Waals surface area contributed by atoms with Crippen molar-refractivity contribution in [3.63, 3.8) is 0 Å². The average Bonchev–Trinajstić information content (AvgIpc) is 3.16. The van der Waals surface area contributed by atoms with Crippen LogP contribution in [0.4, 0.5) is 11.4 Å². The summed E-state index contributed by atoms with van der Waals surface area (Å²) in [5.41, 5.74) is 4.26. The number of anilines is 2. The van der Waals surface area contributed by atoms with E-state index in [2.05, 4.69) is 45.7 Å². The Kier molecular flexibility index (Phi) is 6.78. The zero-order valence-corrected chi connectivity index (χ0v) is 18.6. The molecule has 7 heteroatoms. The van der Waals surface area contributed by atoms with Crippen molar-refractivity contribution >= 4 is 34.8 Å². The summed E-state index contributed by atoms with van der Waals surface area (Å²) in [7, 11) is 2.12. The van der Waals surface area contributed by atoms with E-state index >= 15 is 0 Å². The molecule has 0 unspecified atom stereocenters. The highest BCUT2D eigenvalue weighted by Crippen LogP contribution is 2.32. The second-order valence-electron chi connectivity index (χ2n) is 8.32. The lowest BCUT2D eigenvalue weighted by atomic mass is 9.98. The Morgan fingerprint density at radius 2 is 1.81 bits per heavy atom.